The summed E-state index contributed by atoms with van der Waals surface area (Å²) in [4.78, 5) is 20.4. The van der Waals surface area contributed by atoms with Crippen molar-refractivity contribution in [1.29, 1.82) is 0 Å². The third-order valence-electron chi connectivity index (χ3n) is 6.08. The summed E-state index contributed by atoms with van der Waals surface area (Å²) < 4.78 is 55.5. The number of rotatable bonds is 7. The van der Waals surface area contributed by atoms with Crippen LogP contribution >= 0.6 is 0 Å². The predicted octanol–water partition coefficient (Wildman–Crippen LogP) is 4.23. The van der Waals surface area contributed by atoms with Crippen molar-refractivity contribution in [2.45, 2.75) is 25.1 Å². The molecule has 186 valence electrons. The average molecular weight is 491 g/mol. The number of alkyl halides is 3. The van der Waals surface area contributed by atoms with Gasteiger partial charge in [0, 0.05) is 49.0 Å². The van der Waals surface area contributed by atoms with Crippen LogP contribution in [0.2, 0.25) is 0 Å². The maximum absolute atomic E-state index is 13.1. The molecule has 1 saturated heterocycles. The Bertz CT molecular complexity index is 1140. The molecule has 0 bridgehead atoms. The molecule has 1 aliphatic rings. The van der Waals surface area contributed by atoms with Crippen molar-refractivity contribution >= 4 is 11.6 Å². The van der Waals surface area contributed by atoms with E-state index in [0.717, 1.165) is 31.6 Å². The molecule has 1 fully saturated rings. The van der Waals surface area contributed by atoms with Crippen LogP contribution in [0.25, 0.3) is 11.4 Å². The number of hydrogen-bond acceptors (Lipinski definition) is 6. The van der Waals surface area contributed by atoms with E-state index in [1.54, 1.807) is 24.3 Å². The van der Waals surface area contributed by atoms with Crippen LogP contribution < -0.4 is 10.2 Å². The smallest absolute Gasteiger partial charge is 0.371 e. The molecule has 1 amide bonds. The van der Waals surface area contributed by atoms with Gasteiger partial charge in [0.05, 0.1) is 0 Å². The van der Waals surface area contributed by atoms with E-state index in [0.29, 0.717) is 19.1 Å². The third kappa shape index (κ3) is 6.16. The lowest BCUT2D eigenvalue weighted by Gasteiger charge is -2.38. The second-order valence-electron chi connectivity index (χ2n) is 8.43. The first-order chi connectivity index (χ1) is 16.7. The van der Waals surface area contributed by atoms with E-state index in [9.17, 15) is 22.4 Å². The zero-order valence-corrected chi connectivity index (χ0v) is 19.1. The summed E-state index contributed by atoms with van der Waals surface area (Å²) in [6, 6.07) is 12.9. The van der Waals surface area contributed by atoms with Crippen LogP contribution in [0.4, 0.5) is 23.2 Å². The summed E-state index contributed by atoms with van der Waals surface area (Å²) >= 11 is 0. The number of carbonyl (C=O) groups excluding carboxylic acids is 1. The van der Waals surface area contributed by atoms with E-state index < -0.39 is 12.1 Å². The molecular weight excluding hydrogens is 466 g/mol. The topological polar surface area (TPSA) is 74.5 Å². The molecule has 0 unspecified atom stereocenters. The number of hydrogen-bond donors (Lipinski definition) is 1. The number of nitrogens with one attached hydrogen (secondary N) is 1. The van der Waals surface area contributed by atoms with Crippen molar-refractivity contribution in [1.82, 2.24) is 20.4 Å². The number of benzene rings is 2. The minimum Gasteiger partial charge on any atom is -0.371 e. The van der Waals surface area contributed by atoms with Crippen molar-refractivity contribution in [3.8, 4) is 11.4 Å². The molecule has 35 heavy (non-hydrogen) atoms. The largest absolute Gasteiger partial charge is 0.471 e. The minimum absolute atomic E-state index is 0.237. The molecule has 0 aliphatic carbocycles. The molecule has 2 heterocycles. The van der Waals surface area contributed by atoms with Crippen LogP contribution in [-0.2, 0) is 6.18 Å². The van der Waals surface area contributed by atoms with Crippen LogP contribution in [0.1, 0.15) is 29.1 Å². The highest BCUT2D eigenvalue weighted by Gasteiger charge is 2.38. The molecule has 7 nitrogen and oxygen atoms in total. The molecule has 0 atom stereocenters. The van der Waals surface area contributed by atoms with Gasteiger partial charge in [-0.25, -0.2) is 4.39 Å². The van der Waals surface area contributed by atoms with E-state index in [1.807, 2.05) is 7.05 Å². The summed E-state index contributed by atoms with van der Waals surface area (Å²) in [5.74, 6) is -2.26. The Morgan fingerprint density at radius 2 is 1.89 bits per heavy atom. The van der Waals surface area contributed by atoms with E-state index >= 15 is 0 Å². The number of anilines is 1. The van der Waals surface area contributed by atoms with Crippen molar-refractivity contribution in [2.75, 3.05) is 38.1 Å². The molecule has 1 aliphatic heterocycles. The molecule has 3 aromatic rings. The summed E-state index contributed by atoms with van der Waals surface area (Å²) in [7, 11) is 2.01. The number of carbonyl (C=O) groups is 1. The predicted molar refractivity (Wildman–Crippen MR) is 121 cm³/mol. The highest BCUT2D eigenvalue weighted by atomic mass is 19.4. The van der Waals surface area contributed by atoms with E-state index in [4.69, 9.17) is 0 Å². The lowest BCUT2D eigenvalue weighted by Crippen LogP contribution is -2.45. The Balaban J connectivity index is 1.25. The van der Waals surface area contributed by atoms with E-state index in [-0.39, 0.29) is 28.7 Å². The van der Waals surface area contributed by atoms with E-state index in [2.05, 4.69) is 29.8 Å². The Morgan fingerprint density at radius 3 is 2.54 bits per heavy atom. The fourth-order valence-electron chi connectivity index (χ4n) is 4.10. The number of amides is 1. The van der Waals surface area contributed by atoms with Gasteiger partial charge in [-0.3, -0.25) is 4.79 Å². The Hall–Kier alpha value is -3.47. The monoisotopic (exact) mass is 491 g/mol. The maximum Gasteiger partial charge on any atom is 0.471 e. The van der Waals surface area contributed by atoms with Crippen LogP contribution in [0.15, 0.2) is 53.1 Å². The molecule has 11 heteroatoms. The molecule has 4 rings (SSSR count). The van der Waals surface area contributed by atoms with Gasteiger partial charge in [0.15, 0.2) is 0 Å². The lowest BCUT2D eigenvalue weighted by atomic mass is 10.0. The zero-order chi connectivity index (χ0) is 25.0. The van der Waals surface area contributed by atoms with Gasteiger partial charge < -0.3 is 19.6 Å². The molecule has 2 aromatic carbocycles. The zero-order valence-electron chi connectivity index (χ0n) is 19.1. The SMILES string of the molecule is CN(CCNC(=O)c1cccc(-c2noc(C(F)(F)F)n2)c1)C1CCN(c2ccc(F)cc2)CC1. The lowest BCUT2D eigenvalue weighted by molar-refractivity contribution is -0.159. The van der Waals surface area contributed by atoms with Crippen molar-refractivity contribution in [3.05, 3.63) is 65.8 Å². The quantitative estimate of drug-likeness (QED) is 0.499. The van der Waals surface area contributed by atoms with Crippen LogP contribution in [0, 0.1) is 5.82 Å². The van der Waals surface area contributed by atoms with Gasteiger partial charge in [-0.15, -0.1) is 0 Å². The Labute approximate surface area is 199 Å². The molecule has 0 saturated carbocycles. The van der Waals surface area contributed by atoms with Crippen LogP contribution in [0.5, 0.6) is 0 Å². The van der Waals surface area contributed by atoms with Gasteiger partial charge in [-0.1, -0.05) is 17.3 Å². The van der Waals surface area contributed by atoms with Crippen LogP contribution in [-0.4, -0.2) is 60.2 Å². The first-order valence-corrected chi connectivity index (χ1v) is 11.2. The number of aromatic nitrogens is 2. The maximum atomic E-state index is 13.1. The molecule has 1 aromatic heterocycles. The van der Waals surface area contributed by atoms with Crippen LogP contribution in [0.3, 0.4) is 0 Å². The number of likely N-dealkylation sites (N-methyl/N-ethyl adjacent to an activating group) is 1. The number of nitrogens with zero attached hydrogens (tertiary/aromatic N) is 4. The molecule has 1 N–H and O–H groups in total. The third-order valence-corrected chi connectivity index (χ3v) is 6.08. The second-order valence-corrected chi connectivity index (χ2v) is 8.43. The van der Waals surface area contributed by atoms with Gasteiger partial charge in [0.1, 0.15) is 5.82 Å². The second kappa shape index (κ2) is 10.4. The highest BCUT2D eigenvalue weighted by molar-refractivity contribution is 5.95. The Kier molecular flexibility index (Phi) is 7.34. The average Bonchev–Trinajstić information content (AvgIpc) is 3.36. The Morgan fingerprint density at radius 1 is 1.17 bits per heavy atom. The fraction of sp³-hybridized carbons (Fsp3) is 0.375. The van der Waals surface area contributed by atoms with Crippen molar-refractivity contribution in [2.24, 2.45) is 0 Å². The van der Waals surface area contributed by atoms with Gasteiger partial charge in [-0.05, 0) is 56.3 Å². The van der Waals surface area contributed by atoms with Gasteiger partial charge in [0.25, 0.3) is 5.91 Å². The van der Waals surface area contributed by atoms with Gasteiger partial charge >= 0.3 is 12.1 Å². The summed E-state index contributed by atoms with van der Waals surface area (Å²) in [5, 5.41) is 6.20. The fourth-order valence-corrected chi connectivity index (χ4v) is 4.10. The van der Waals surface area contributed by atoms with Gasteiger partial charge in [-0.2, -0.15) is 18.2 Å². The van der Waals surface area contributed by atoms with E-state index in [1.165, 1.54) is 24.3 Å². The first-order valence-electron chi connectivity index (χ1n) is 11.2. The number of piperidine rings is 1. The highest BCUT2D eigenvalue weighted by Crippen LogP contribution is 2.29. The molecular formula is C24H25F4N5O2. The normalized spacial score (nSPS) is 15.0. The molecule has 0 radical (unpaired) electrons. The summed E-state index contributed by atoms with van der Waals surface area (Å²) in [6.45, 7) is 2.79. The van der Waals surface area contributed by atoms with Crippen molar-refractivity contribution in [3.63, 3.8) is 0 Å². The summed E-state index contributed by atoms with van der Waals surface area (Å²) in [6.07, 6.45) is -2.83. The molecule has 0 spiro atoms. The van der Waals surface area contributed by atoms with Crippen molar-refractivity contribution < 1.29 is 26.9 Å². The first kappa shape index (κ1) is 24.6. The standard InChI is InChI=1S/C24H25F4N5O2/c1-32(19-9-12-33(13-10-19)20-7-5-18(25)6-8-20)14-11-29-22(34)17-4-2-3-16(15-17)21-30-23(35-31-21)24(26,27)28/h2-8,15,19H,9-14H2,1H3,(H,29,34). The summed E-state index contributed by atoms with van der Waals surface area (Å²) in [5.41, 5.74) is 1.55. The minimum atomic E-state index is -4.73. The number of halogens is 4. The van der Waals surface area contributed by atoms with Gasteiger partial charge in [0.2, 0.25) is 5.82 Å².